The molecule has 3 nitrogen and oxygen atoms in total. The molecule has 0 fully saturated rings. The second kappa shape index (κ2) is 8.17. The molecule has 23 heavy (non-hydrogen) atoms. The summed E-state index contributed by atoms with van der Waals surface area (Å²) < 4.78 is 0. The van der Waals surface area contributed by atoms with E-state index in [9.17, 15) is 9.59 Å². The summed E-state index contributed by atoms with van der Waals surface area (Å²) in [6.07, 6.45) is 0.231. The van der Waals surface area contributed by atoms with E-state index in [1.165, 1.54) is 6.92 Å². The molecule has 0 atom stereocenters. The van der Waals surface area contributed by atoms with Gasteiger partial charge in [0.05, 0.1) is 13.0 Å². The molecule has 0 heterocycles. The lowest BCUT2D eigenvalue weighted by molar-refractivity contribution is -0.120. The number of halogens is 1. The molecule has 1 amide bonds. The highest BCUT2D eigenvalue weighted by Gasteiger charge is 2.05. The average Bonchev–Trinajstić information content (AvgIpc) is 2.54. The van der Waals surface area contributed by atoms with E-state index in [1.807, 2.05) is 18.2 Å². The first-order valence-corrected chi connectivity index (χ1v) is 7.54. The summed E-state index contributed by atoms with van der Waals surface area (Å²) in [6.45, 7) is 1.78. The van der Waals surface area contributed by atoms with E-state index in [2.05, 4.69) is 17.2 Å². The fourth-order valence-corrected chi connectivity index (χ4v) is 2.16. The fourth-order valence-electron chi connectivity index (χ4n) is 1.95. The van der Waals surface area contributed by atoms with E-state index in [4.69, 9.17) is 11.6 Å². The third-order valence-electron chi connectivity index (χ3n) is 3.21. The first-order chi connectivity index (χ1) is 11.1. The van der Waals surface area contributed by atoms with Crippen LogP contribution < -0.4 is 5.32 Å². The molecule has 1 N–H and O–H groups in total. The topological polar surface area (TPSA) is 46.2 Å². The third kappa shape index (κ3) is 5.28. The van der Waals surface area contributed by atoms with E-state index < -0.39 is 0 Å². The maximum atomic E-state index is 11.8. The number of hydrogen-bond donors (Lipinski definition) is 1. The van der Waals surface area contributed by atoms with Crippen molar-refractivity contribution in [2.45, 2.75) is 13.3 Å². The van der Waals surface area contributed by atoms with E-state index in [1.54, 1.807) is 30.3 Å². The zero-order chi connectivity index (χ0) is 16.7. The first-order valence-electron chi connectivity index (χ1n) is 7.16. The molecule has 2 aromatic rings. The molecule has 0 radical (unpaired) electrons. The maximum absolute atomic E-state index is 11.8. The fraction of sp³-hybridized carbons (Fsp3) is 0.158. The van der Waals surface area contributed by atoms with Gasteiger partial charge in [0, 0.05) is 16.1 Å². The van der Waals surface area contributed by atoms with Gasteiger partial charge in [0.1, 0.15) is 0 Å². The molecule has 4 heteroatoms. The Kier molecular flexibility index (Phi) is 5.96. The number of hydrogen-bond acceptors (Lipinski definition) is 2. The Morgan fingerprint density at radius 3 is 2.43 bits per heavy atom. The van der Waals surface area contributed by atoms with Crippen LogP contribution in [-0.4, -0.2) is 18.2 Å². The van der Waals surface area contributed by atoms with Crippen molar-refractivity contribution >= 4 is 23.3 Å². The highest BCUT2D eigenvalue weighted by molar-refractivity contribution is 6.31. The molecule has 0 saturated carbocycles. The Morgan fingerprint density at radius 1 is 1.09 bits per heavy atom. The van der Waals surface area contributed by atoms with Gasteiger partial charge in [0.2, 0.25) is 5.91 Å². The lowest BCUT2D eigenvalue weighted by Crippen LogP contribution is -2.25. The van der Waals surface area contributed by atoms with Crippen LogP contribution in [0.25, 0.3) is 0 Å². The Morgan fingerprint density at radius 2 is 1.78 bits per heavy atom. The minimum Gasteiger partial charge on any atom is -0.345 e. The number of carbonyl (C=O) groups excluding carboxylic acids is 2. The van der Waals surface area contributed by atoms with Crippen LogP contribution in [0.2, 0.25) is 5.02 Å². The maximum Gasteiger partial charge on any atom is 0.225 e. The van der Waals surface area contributed by atoms with Crippen molar-refractivity contribution in [2.24, 2.45) is 0 Å². The smallest absolute Gasteiger partial charge is 0.225 e. The van der Waals surface area contributed by atoms with Crippen LogP contribution in [0.4, 0.5) is 0 Å². The number of Topliss-reactive ketones (excluding diaryl/α,β-unsaturated/α-hetero) is 1. The number of rotatable bonds is 4. The molecule has 2 rings (SSSR count). The Hall–Kier alpha value is -2.57. The Bertz CT molecular complexity index is 770. The summed E-state index contributed by atoms with van der Waals surface area (Å²) in [5, 5.41) is 3.32. The number of nitrogens with one attached hydrogen (secondary N) is 1. The number of carbonyl (C=O) groups is 2. The second-order valence-electron chi connectivity index (χ2n) is 4.98. The van der Waals surface area contributed by atoms with Crippen LogP contribution in [0.5, 0.6) is 0 Å². The minimum absolute atomic E-state index is 0.0244. The molecular weight excluding hydrogens is 310 g/mol. The zero-order valence-corrected chi connectivity index (χ0v) is 13.5. The van der Waals surface area contributed by atoms with Crippen molar-refractivity contribution in [3.05, 3.63) is 70.2 Å². The van der Waals surface area contributed by atoms with Crippen molar-refractivity contribution in [3.63, 3.8) is 0 Å². The first kappa shape index (κ1) is 16.8. The standard InChI is InChI=1S/C19H16ClNO2/c1-14(22)16-10-8-15(9-11-16)5-4-12-21-19(23)13-17-6-2-3-7-18(17)20/h2-3,6-11H,12-13H2,1H3,(H,21,23). The van der Waals surface area contributed by atoms with E-state index in [0.717, 1.165) is 11.1 Å². The molecule has 0 spiro atoms. The van der Waals surface area contributed by atoms with E-state index in [0.29, 0.717) is 10.6 Å². The minimum atomic E-state index is -0.126. The SMILES string of the molecule is CC(=O)c1ccc(C#CCNC(=O)Cc2ccccc2Cl)cc1. The van der Waals surface area contributed by atoms with Gasteiger partial charge in [-0.2, -0.15) is 0 Å². The van der Waals surface area contributed by atoms with Crippen LogP contribution in [0.1, 0.15) is 28.4 Å². The summed E-state index contributed by atoms with van der Waals surface area (Å²) in [5.41, 5.74) is 2.25. The zero-order valence-electron chi connectivity index (χ0n) is 12.7. The average molecular weight is 326 g/mol. The van der Waals surface area contributed by atoms with Gasteiger partial charge in [-0.3, -0.25) is 9.59 Å². The Balaban J connectivity index is 1.84. The molecule has 0 unspecified atom stereocenters. The predicted octanol–water partition coefficient (Wildman–Crippen LogP) is 3.25. The number of amides is 1. The quantitative estimate of drug-likeness (QED) is 0.693. The Labute approximate surface area is 140 Å². The summed E-state index contributed by atoms with van der Waals surface area (Å²) in [5.74, 6) is 5.72. The molecular formula is C19H16ClNO2. The summed E-state index contributed by atoms with van der Waals surface area (Å²) >= 11 is 6.01. The van der Waals surface area contributed by atoms with Gasteiger partial charge in [-0.25, -0.2) is 0 Å². The molecule has 116 valence electrons. The largest absolute Gasteiger partial charge is 0.345 e. The lowest BCUT2D eigenvalue weighted by atomic mass is 10.1. The monoisotopic (exact) mass is 325 g/mol. The predicted molar refractivity (Wildman–Crippen MR) is 91.5 cm³/mol. The van der Waals surface area contributed by atoms with Gasteiger partial charge in [-0.05, 0) is 30.7 Å². The molecule has 0 aromatic heterocycles. The molecule has 2 aromatic carbocycles. The summed E-state index contributed by atoms with van der Waals surface area (Å²) in [6, 6.07) is 14.3. The van der Waals surface area contributed by atoms with Gasteiger partial charge >= 0.3 is 0 Å². The van der Waals surface area contributed by atoms with Gasteiger partial charge in [-0.15, -0.1) is 0 Å². The molecule has 0 aliphatic rings. The van der Waals surface area contributed by atoms with Crippen molar-refractivity contribution < 1.29 is 9.59 Å². The van der Waals surface area contributed by atoms with Gasteiger partial charge in [-0.1, -0.05) is 53.8 Å². The van der Waals surface area contributed by atoms with Crippen molar-refractivity contribution in [1.82, 2.24) is 5.32 Å². The summed E-state index contributed by atoms with van der Waals surface area (Å²) in [7, 11) is 0. The molecule has 0 bridgehead atoms. The number of ketones is 1. The van der Waals surface area contributed by atoms with Crippen molar-refractivity contribution in [3.8, 4) is 11.8 Å². The van der Waals surface area contributed by atoms with Gasteiger partial charge in [0.15, 0.2) is 5.78 Å². The normalized spacial score (nSPS) is 9.65. The lowest BCUT2D eigenvalue weighted by Gasteiger charge is -2.03. The highest BCUT2D eigenvalue weighted by atomic mass is 35.5. The third-order valence-corrected chi connectivity index (χ3v) is 3.58. The van der Waals surface area contributed by atoms with Crippen LogP contribution in [0.3, 0.4) is 0 Å². The van der Waals surface area contributed by atoms with Gasteiger partial charge < -0.3 is 5.32 Å². The van der Waals surface area contributed by atoms with Crippen molar-refractivity contribution in [1.29, 1.82) is 0 Å². The van der Waals surface area contributed by atoms with Gasteiger partial charge in [0.25, 0.3) is 0 Å². The van der Waals surface area contributed by atoms with Crippen LogP contribution in [0, 0.1) is 11.8 Å². The van der Waals surface area contributed by atoms with Crippen LogP contribution >= 0.6 is 11.6 Å². The van der Waals surface area contributed by atoms with E-state index >= 15 is 0 Å². The molecule has 0 aliphatic carbocycles. The number of benzene rings is 2. The molecule has 0 saturated heterocycles. The highest BCUT2D eigenvalue weighted by Crippen LogP contribution is 2.15. The van der Waals surface area contributed by atoms with Crippen LogP contribution in [0.15, 0.2) is 48.5 Å². The summed E-state index contributed by atoms with van der Waals surface area (Å²) in [4.78, 5) is 23.0. The van der Waals surface area contributed by atoms with Crippen LogP contribution in [-0.2, 0) is 11.2 Å². The van der Waals surface area contributed by atoms with Crippen molar-refractivity contribution in [2.75, 3.05) is 6.54 Å². The second-order valence-corrected chi connectivity index (χ2v) is 5.39. The molecule has 0 aliphatic heterocycles. The van der Waals surface area contributed by atoms with E-state index in [-0.39, 0.29) is 24.7 Å².